The highest BCUT2D eigenvalue weighted by Crippen LogP contribution is 2.28. The predicted molar refractivity (Wildman–Crippen MR) is 116 cm³/mol. The van der Waals surface area contributed by atoms with Gasteiger partial charge in [0.15, 0.2) is 0 Å². The van der Waals surface area contributed by atoms with Gasteiger partial charge in [0.25, 0.3) is 0 Å². The summed E-state index contributed by atoms with van der Waals surface area (Å²) in [6.45, 7) is 0. The van der Waals surface area contributed by atoms with Crippen LogP contribution in [0, 0.1) is 0 Å². The number of rotatable bonds is 5. The smallest absolute Gasteiger partial charge is 0.340 e. The van der Waals surface area contributed by atoms with E-state index in [2.05, 4.69) is 0 Å². The maximum absolute atomic E-state index is 12.9. The third-order valence-electron chi connectivity index (χ3n) is 5.06. The van der Waals surface area contributed by atoms with Crippen LogP contribution in [-0.4, -0.2) is 20.4 Å². The third kappa shape index (κ3) is 4.53. The molecule has 0 saturated heterocycles. The molecule has 31 heavy (non-hydrogen) atoms. The summed E-state index contributed by atoms with van der Waals surface area (Å²) >= 11 is 0. The second-order valence-electron chi connectivity index (χ2n) is 7.28. The minimum Gasteiger partial charge on any atom is -0.508 e. The summed E-state index contributed by atoms with van der Waals surface area (Å²) < 4.78 is 5.56. The molecule has 1 heterocycles. The van der Waals surface area contributed by atoms with Gasteiger partial charge in [-0.25, -0.2) is 4.79 Å². The molecule has 0 aliphatic heterocycles. The zero-order valence-electron chi connectivity index (χ0n) is 16.4. The van der Waals surface area contributed by atoms with Gasteiger partial charge in [-0.05, 0) is 71.6 Å². The van der Waals surface area contributed by atoms with E-state index >= 15 is 0 Å². The van der Waals surface area contributed by atoms with Crippen molar-refractivity contribution in [3.8, 4) is 34.3 Å². The Morgan fingerprint density at radius 3 is 1.90 bits per heavy atom. The summed E-state index contributed by atoms with van der Waals surface area (Å²) in [4.78, 5) is 12.9. The van der Waals surface area contributed by atoms with Gasteiger partial charge in [0.2, 0.25) is 0 Å². The van der Waals surface area contributed by atoms with Gasteiger partial charge in [0, 0.05) is 23.6 Å². The van der Waals surface area contributed by atoms with Crippen molar-refractivity contribution in [3.05, 3.63) is 105 Å². The number of aromatic hydroxyl groups is 4. The molecule has 0 spiro atoms. The quantitative estimate of drug-likeness (QED) is 0.386. The van der Waals surface area contributed by atoms with Gasteiger partial charge >= 0.3 is 5.63 Å². The number of phenols is 4. The molecule has 6 nitrogen and oxygen atoms in total. The fourth-order valence-electron chi connectivity index (χ4n) is 3.40. The van der Waals surface area contributed by atoms with Crippen LogP contribution in [0.5, 0.6) is 23.0 Å². The molecule has 4 rings (SSSR count). The fourth-order valence-corrected chi connectivity index (χ4v) is 3.40. The molecular formula is C25H20O6. The summed E-state index contributed by atoms with van der Waals surface area (Å²) in [6, 6.07) is 19.0. The zero-order valence-corrected chi connectivity index (χ0v) is 16.4. The van der Waals surface area contributed by atoms with Gasteiger partial charge < -0.3 is 24.8 Å². The van der Waals surface area contributed by atoms with E-state index in [1.165, 1.54) is 24.3 Å². The molecule has 156 valence electrons. The maximum Gasteiger partial charge on any atom is 0.340 e. The average molecular weight is 416 g/mol. The van der Waals surface area contributed by atoms with Crippen LogP contribution in [-0.2, 0) is 12.8 Å². The van der Waals surface area contributed by atoms with E-state index in [1.54, 1.807) is 48.5 Å². The summed E-state index contributed by atoms with van der Waals surface area (Å²) in [5, 5.41) is 38.8. The minimum absolute atomic E-state index is 0.0692. The first-order valence-corrected chi connectivity index (χ1v) is 9.63. The van der Waals surface area contributed by atoms with E-state index < -0.39 is 5.63 Å². The molecule has 0 bridgehead atoms. The largest absolute Gasteiger partial charge is 0.508 e. The van der Waals surface area contributed by atoms with E-state index in [4.69, 9.17) is 4.42 Å². The molecule has 1 aromatic heterocycles. The molecule has 0 aliphatic rings. The molecule has 6 heteroatoms. The normalized spacial score (nSPS) is 10.8. The number of hydrogen-bond donors (Lipinski definition) is 4. The molecule has 0 amide bonds. The van der Waals surface area contributed by atoms with E-state index in [0.29, 0.717) is 34.4 Å². The predicted octanol–water partition coefficient (Wildman–Crippen LogP) is 4.31. The van der Waals surface area contributed by atoms with Crippen molar-refractivity contribution in [2.24, 2.45) is 0 Å². The lowest BCUT2D eigenvalue weighted by Gasteiger charge is -2.12. The molecule has 0 radical (unpaired) electrons. The first-order chi connectivity index (χ1) is 14.9. The van der Waals surface area contributed by atoms with Crippen molar-refractivity contribution < 1.29 is 24.8 Å². The Hall–Kier alpha value is -4.19. The van der Waals surface area contributed by atoms with E-state index in [1.807, 2.05) is 0 Å². The average Bonchev–Trinajstić information content (AvgIpc) is 2.74. The Morgan fingerprint density at radius 2 is 1.26 bits per heavy atom. The van der Waals surface area contributed by atoms with E-state index in [0.717, 1.165) is 5.56 Å². The molecular weight excluding hydrogens is 396 g/mol. The van der Waals surface area contributed by atoms with Crippen molar-refractivity contribution in [1.82, 2.24) is 0 Å². The summed E-state index contributed by atoms with van der Waals surface area (Å²) in [7, 11) is 0. The van der Waals surface area contributed by atoms with Crippen molar-refractivity contribution in [3.63, 3.8) is 0 Å². The zero-order chi connectivity index (χ0) is 22.0. The lowest BCUT2D eigenvalue weighted by Crippen LogP contribution is -2.13. The van der Waals surface area contributed by atoms with Gasteiger partial charge in [-0.2, -0.15) is 0 Å². The van der Waals surface area contributed by atoms with Crippen molar-refractivity contribution in [1.29, 1.82) is 0 Å². The lowest BCUT2D eigenvalue weighted by atomic mass is 9.95. The number of benzene rings is 3. The molecule has 4 aromatic rings. The van der Waals surface area contributed by atoms with Gasteiger partial charge in [-0.1, -0.05) is 18.2 Å². The van der Waals surface area contributed by atoms with Crippen LogP contribution in [0.25, 0.3) is 11.3 Å². The number of phenolic OH excluding ortho intramolecular Hbond substituents is 4. The Balaban J connectivity index is 1.80. The van der Waals surface area contributed by atoms with Gasteiger partial charge in [0.05, 0.1) is 0 Å². The van der Waals surface area contributed by atoms with Crippen LogP contribution in [0.15, 0.2) is 82.0 Å². The Labute approximate surface area is 177 Å². The molecule has 0 unspecified atom stereocenters. The van der Waals surface area contributed by atoms with Crippen LogP contribution in [0.3, 0.4) is 0 Å². The van der Waals surface area contributed by atoms with Crippen LogP contribution in [0.1, 0.15) is 22.3 Å². The summed E-state index contributed by atoms with van der Waals surface area (Å²) in [5.74, 6) is 0.431. The molecule has 3 aromatic carbocycles. The monoisotopic (exact) mass is 416 g/mol. The standard InChI is InChI=1S/C25H20O6/c26-19-6-1-15(2-7-19)11-18-13-24(16-3-8-20(27)9-4-16)31-25(30)22(18)12-17-5-10-21(28)14-23(17)29/h1-10,13-14,26-29H,11-12H2. The summed E-state index contributed by atoms with van der Waals surface area (Å²) in [5.41, 5.74) is 2.56. The SMILES string of the molecule is O=c1oc(-c2ccc(O)cc2)cc(Cc2ccc(O)cc2)c1Cc1ccc(O)cc1O. The molecule has 0 atom stereocenters. The molecule has 0 saturated carbocycles. The first kappa shape index (κ1) is 20.1. The third-order valence-corrected chi connectivity index (χ3v) is 5.06. The van der Waals surface area contributed by atoms with Gasteiger partial charge in [-0.3, -0.25) is 0 Å². The van der Waals surface area contributed by atoms with Crippen LogP contribution < -0.4 is 5.63 Å². The maximum atomic E-state index is 12.9. The minimum atomic E-state index is -0.535. The fraction of sp³-hybridized carbons (Fsp3) is 0.0800. The van der Waals surface area contributed by atoms with Gasteiger partial charge in [0.1, 0.15) is 28.8 Å². The number of hydrogen-bond acceptors (Lipinski definition) is 6. The van der Waals surface area contributed by atoms with E-state index in [-0.39, 0.29) is 29.4 Å². The summed E-state index contributed by atoms with van der Waals surface area (Å²) in [6.07, 6.45) is 0.531. The first-order valence-electron chi connectivity index (χ1n) is 9.63. The highest BCUT2D eigenvalue weighted by atomic mass is 16.4. The second kappa shape index (κ2) is 8.28. The Morgan fingerprint density at radius 1 is 0.645 bits per heavy atom. The molecule has 0 aliphatic carbocycles. The van der Waals surface area contributed by atoms with Crippen LogP contribution >= 0.6 is 0 Å². The van der Waals surface area contributed by atoms with Gasteiger partial charge in [-0.15, -0.1) is 0 Å². The van der Waals surface area contributed by atoms with Crippen LogP contribution in [0.4, 0.5) is 0 Å². The Bertz CT molecular complexity index is 1270. The van der Waals surface area contributed by atoms with Crippen molar-refractivity contribution in [2.45, 2.75) is 12.8 Å². The topological polar surface area (TPSA) is 111 Å². The lowest BCUT2D eigenvalue weighted by molar-refractivity contribution is 0.446. The molecule has 4 N–H and O–H groups in total. The van der Waals surface area contributed by atoms with E-state index in [9.17, 15) is 25.2 Å². The van der Waals surface area contributed by atoms with Crippen LogP contribution in [0.2, 0.25) is 0 Å². The second-order valence-corrected chi connectivity index (χ2v) is 7.28. The Kier molecular flexibility index (Phi) is 5.37. The van der Waals surface area contributed by atoms with Crippen molar-refractivity contribution >= 4 is 0 Å². The highest BCUT2D eigenvalue weighted by Gasteiger charge is 2.16. The molecule has 0 fully saturated rings. The highest BCUT2D eigenvalue weighted by molar-refractivity contribution is 5.60. The van der Waals surface area contributed by atoms with Crippen molar-refractivity contribution in [2.75, 3.05) is 0 Å².